The summed E-state index contributed by atoms with van der Waals surface area (Å²) in [5.41, 5.74) is 6.98. The molecule has 0 saturated carbocycles. The number of carbonyl (C=O) groups is 2. The number of amides is 2. The van der Waals surface area contributed by atoms with Crippen molar-refractivity contribution >= 4 is 11.8 Å². The number of carbonyl (C=O) groups excluding carboxylic acids is 2. The average molecular weight is 289 g/mol. The van der Waals surface area contributed by atoms with E-state index in [-0.39, 0.29) is 17.9 Å². The van der Waals surface area contributed by atoms with Gasteiger partial charge < -0.3 is 16.0 Å². The van der Waals surface area contributed by atoms with Gasteiger partial charge in [0.15, 0.2) is 0 Å². The van der Waals surface area contributed by atoms with Crippen LogP contribution in [0.2, 0.25) is 0 Å². The summed E-state index contributed by atoms with van der Waals surface area (Å²) in [5, 5.41) is 2.89. The molecule has 1 saturated heterocycles. The molecule has 1 fully saturated rings. The zero-order valence-electron chi connectivity index (χ0n) is 12.4. The van der Waals surface area contributed by atoms with Crippen molar-refractivity contribution in [1.82, 2.24) is 10.2 Å². The highest BCUT2D eigenvalue weighted by Gasteiger charge is 2.23. The minimum Gasteiger partial charge on any atom is -0.351 e. The zero-order chi connectivity index (χ0) is 15.2. The minimum atomic E-state index is -0.566. The molecule has 2 amide bonds. The maximum atomic E-state index is 12.1. The quantitative estimate of drug-likeness (QED) is 0.809. The molecule has 0 spiro atoms. The van der Waals surface area contributed by atoms with Crippen molar-refractivity contribution in [2.45, 2.75) is 38.3 Å². The lowest BCUT2D eigenvalue weighted by Gasteiger charge is -2.23. The molecule has 5 nitrogen and oxygen atoms in total. The van der Waals surface area contributed by atoms with Gasteiger partial charge in [0, 0.05) is 25.6 Å². The fourth-order valence-electron chi connectivity index (χ4n) is 2.58. The lowest BCUT2D eigenvalue weighted by molar-refractivity contribution is -0.129. The van der Waals surface area contributed by atoms with Gasteiger partial charge in [-0.2, -0.15) is 0 Å². The molecule has 0 aliphatic carbocycles. The number of rotatable bonds is 6. The van der Waals surface area contributed by atoms with Crippen LogP contribution in [0.4, 0.5) is 0 Å². The predicted octanol–water partition coefficient (Wildman–Crippen LogP) is 0.684. The van der Waals surface area contributed by atoms with Crippen LogP contribution in [0.3, 0.4) is 0 Å². The maximum Gasteiger partial charge on any atom is 0.237 e. The molecule has 1 aliphatic heterocycles. The normalized spacial score (nSPS) is 17.6. The third kappa shape index (κ3) is 4.56. The van der Waals surface area contributed by atoms with Crippen LogP contribution in [-0.2, 0) is 16.0 Å². The van der Waals surface area contributed by atoms with Gasteiger partial charge >= 0.3 is 0 Å². The largest absolute Gasteiger partial charge is 0.351 e. The van der Waals surface area contributed by atoms with Crippen molar-refractivity contribution in [3.05, 3.63) is 35.9 Å². The van der Waals surface area contributed by atoms with E-state index in [0.717, 1.165) is 18.5 Å². The highest BCUT2D eigenvalue weighted by atomic mass is 16.2. The van der Waals surface area contributed by atoms with Crippen LogP contribution in [0.25, 0.3) is 0 Å². The standard InChI is InChI=1S/C16H23N3O2/c1-12(11-19-9-5-8-15(19)20)18-16(21)14(17)10-13-6-3-2-4-7-13/h2-4,6-7,12,14H,5,8-11,17H2,1H3,(H,18,21)/t12?,14-/m0/s1. The van der Waals surface area contributed by atoms with Crippen molar-refractivity contribution < 1.29 is 9.59 Å². The molecule has 1 aliphatic rings. The summed E-state index contributed by atoms with van der Waals surface area (Å²) in [4.78, 5) is 25.4. The van der Waals surface area contributed by atoms with E-state index in [4.69, 9.17) is 5.73 Å². The number of benzene rings is 1. The Morgan fingerprint density at radius 2 is 2.10 bits per heavy atom. The smallest absolute Gasteiger partial charge is 0.237 e. The lowest BCUT2D eigenvalue weighted by atomic mass is 10.1. The van der Waals surface area contributed by atoms with Gasteiger partial charge in [0.1, 0.15) is 0 Å². The highest BCUT2D eigenvalue weighted by Crippen LogP contribution is 2.10. The van der Waals surface area contributed by atoms with Gasteiger partial charge in [0.2, 0.25) is 11.8 Å². The van der Waals surface area contributed by atoms with Crippen molar-refractivity contribution in [1.29, 1.82) is 0 Å². The zero-order valence-corrected chi connectivity index (χ0v) is 12.4. The molecule has 2 atom stereocenters. The van der Waals surface area contributed by atoms with E-state index in [9.17, 15) is 9.59 Å². The maximum absolute atomic E-state index is 12.1. The molecule has 114 valence electrons. The Labute approximate surface area is 125 Å². The van der Waals surface area contributed by atoms with Crippen molar-refractivity contribution in [2.24, 2.45) is 5.73 Å². The van der Waals surface area contributed by atoms with E-state index >= 15 is 0 Å². The van der Waals surface area contributed by atoms with Crippen LogP contribution in [-0.4, -0.2) is 41.9 Å². The average Bonchev–Trinajstić information content (AvgIpc) is 2.85. The Kier molecular flexibility index (Phi) is 5.33. The van der Waals surface area contributed by atoms with Crippen LogP contribution in [0.1, 0.15) is 25.3 Å². The lowest BCUT2D eigenvalue weighted by Crippen LogP contribution is -2.49. The van der Waals surface area contributed by atoms with Gasteiger partial charge in [-0.25, -0.2) is 0 Å². The summed E-state index contributed by atoms with van der Waals surface area (Å²) in [6.45, 7) is 3.25. The first-order valence-electron chi connectivity index (χ1n) is 7.44. The first kappa shape index (κ1) is 15.5. The molecule has 1 unspecified atom stereocenters. The fraction of sp³-hybridized carbons (Fsp3) is 0.500. The van der Waals surface area contributed by atoms with Gasteiger partial charge in [-0.15, -0.1) is 0 Å². The van der Waals surface area contributed by atoms with Crippen LogP contribution in [0, 0.1) is 0 Å². The van der Waals surface area contributed by atoms with E-state index < -0.39 is 6.04 Å². The predicted molar refractivity (Wildman–Crippen MR) is 81.5 cm³/mol. The van der Waals surface area contributed by atoms with Crippen molar-refractivity contribution in [2.75, 3.05) is 13.1 Å². The fourth-order valence-corrected chi connectivity index (χ4v) is 2.58. The van der Waals surface area contributed by atoms with E-state index in [1.165, 1.54) is 0 Å². The molecule has 5 heteroatoms. The summed E-state index contributed by atoms with van der Waals surface area (Å²) in [5.74, 6) is 0.00248. The number of likely N-dealkylation sites (tertiary alicyclic amines) is 1. The van der Waals surface area contributed by atoms with Gasteiger partial charge in [0.05, 0.1) is 6.04 Å². The summed E-state index contributed by atoms with van der Waals surface area (Å²) in [6.07, 6.45) is 2.04. The number of hydrogen-bond acceptors (Lipinski definition) is 3. The first-order chi connectivity index (χ1) is 10.1. The molecule has 21 heavy (non-hydrogen) atoms. The molecule has 2 rings (SSSR count). The Morgan fingerprint density at radius 1 is 1.38 bits per heavy atom. The number of nitrogens with one attached hydrogen (secondary N) is 1. The topological polar surface area (TPSA) is 75.4 Å². The second-order valence-electron chi connectivity index (χ2n) is 5.65. The third-order valence-electron chi connectivity index (χ3n) is 3.69. The molecule has 0 radical (unpaired) electrons. The van der Waals surface area contributed by atoms with Gasteiger partial charge in [-0.05, 0) is 25.3 Å². The first-order valence-corrected chi connectivity index (χ1v) is 7.44. The Balaban J connectivity index is 1.78. The van der Waals surface area contributed by atoms with E-state index in [0.29, 0.717) is 19.4 Å². The highest BCUT2D eigenvalue weighted by molar-refractivity contribution is 5.82. The third-order valence-corrected chi connectivity index (χ3v) is 3.69. The van der Waals surface area contributed by atoms with E-state index in [1.807, 2.05) is 37.3 Å². The van der Waals surface area contributed by atoms with Crippen LogP contribution >= 0.6 is 0 Å². The molecule has 1 aromatic rings. The minimum absolute atomic E-state index is 0.0821. The van der Waals surface area contributed by atoms with Crippen LogP contribution < -0.4 is 11.1 Å². The second kappa shape index (κ2) is 7.22. The van der Waals surface area contributed by atoms with Crippen LogP contribution in [0.5, 0.6) is 0 Å². The van der Waals surface area contributed by atoms with Crippen molar-refractivity contribution in [3.8, 4) is 0 Å². The Morgan fingerprint density at radius 3 is 2.71 bits per heavy atom. The number of nitrogens with two attached hydrogens (primary N) is 1. The SMILES string of the molecule is CC(CN1CCCC1=O)NC(=O)[C@@H](N)Cc1ccccc1. The number of hydrogen-bond donors (Lipinski definition) is 2. The summed E-state index contributed by atoms with van der Waals surface area (Å²) in [6, 6.07) is 9.07. The van der Waals surface area contributed by atoms with Gasteiger partial charge in [-0.1, -0.05) is 30.3 Å². The number of nitrogens with zero attached hydrogens (tertiary/aromatic N) is 1. The summed E-state index contributed by atoms with van der Waals surface area (Å²) >= 11 is 0. The molecule has 0 aromatic heterocycles. The van der Waals surface area contributed by atoms with Gasteiger partial charge in [0.25, 0.3) is 0 Å². The molecule has 1 heterocycles. The van der Waals surface area contributed by atoms with E-state index in [1.54, 1.807) is 4.90 Å². The molecule has 1 aromatic carbocycles. The second-order valence-corrected chi connectivity index (χ2v) is 5.65. The summed E-state index contributed by atoms with van der Waals surface area (Å²) < 4.78 is 0. The molecular weight excluding hydrogens is 266 g/mol. The van der Waals surface area contributed by atoms with E-state index in [2.05, 4.69) is 5.32 Å². The molecule has 3 N–H and O–H groups in total. The molecule has 0 bridgehead atoms. The summed E-state index contributed by atoms with van der Waals surface area (Å²) in [7, 11) is 0. The molecular formula is C16H23N3O2. The Hall–Kier alpha value is -1.88. The Bertz CT molecular complexity index is 490. The van der Waals surface area contributed by atoms with Gasteiger partial charge in [-0.3, -0.25) is 9.59 Å². The van der Waals surface area contributed by atoms with Crippen LogP contribution in [0.15, 0.2) is 30.3 Å². The monoisotopic (exact) mass is 289 g/mol. The van der Waals surface area contributed by atoms with Crippen molar-refractivity contribution in [3.63, 3.8) is 0 Å².